The molecule has 0 saturated carbocycles. The van der Waals surface area contributed by atoms with E-state index in [1.54, 1.807) is 12.1 Å². The van der Waals surface area contributed by atoms with Crippen LogP contribution in [0.1, 0.15) is 50.9 Å². The van der Waals surface area contributed by atoms with E-state index in [1.807, 2.05) is 30.9 Å². The third-order valence-corrected chi connectivity index (χ3v) is 3.33. The molecular formula is C18H29N3O2. The molecule has 0 aromatic heterocycles. The maximum Gasteiger partial charge on any atom is 0.251 e. The molecule has 0 aliphatic carbocycles. The third-order valence-electron chi connectivity index (χ3n) is 3.33. The van der Waals surface area contributed by atoms with Gasteiger partial charge in [-0.1, -0.05) is 19.9 Å². The van der Waals surface area contributed by atoms with Crippen LogP contribution in [0.3, 0.4) is 0 Å². The van der Waals surface area contributed by atoms with Crippen LogP contribution in [0.4, 0.5) is 5.69 Å². The molecule has 0 atom stereocenters. The second-order valence-corrected chi connectivity index (χ2v) is 5.94. The number of anilines is 1. The number of rotatable bonds is 9. The zero-order valence-electron chi connectivity index (χ0n) is 14.7. The maximum atomic E-state index is 12.2. The molecule has 0 spiro atoms. The lowest BCUT2D eigenvalue weighted by atomic mass is 10.1. The van der Waals surface area contributed by atoms with Crippen LogP contribution in [0.2, 0.25) is 0 Å². The van der Waals surface area contributed by atoms with Crippen LogP contribution in [-0.2, 0) is 4.79 Å². The standard InChI is InChI=1S/C18H29N3O2/c1-5-10-21(11-6-2)17(22)13-19-16-9-7-8-15(12-16)18(23)20-14(3)4/h7-9,12,14,19H,5-6,10-11,13H2,1-4H3,(H,20,23). The molecule has 5 heteroatoms. The molecule has 0 saturated heterocycles. The molecule has 0 unspecified atom stereocenters. The first-order valence-corrected chi connectivity index (χ1v) is 8.40. The number of nitrogens with one attached hydrogen (secondary N) is 2. The lowest BCUT2D eigenvalue weighted by Gasteiger charge is -2.22. The van der Waals surface area contributed by atoms with E-state index in [2.05, 4.69) is 24.5 Å². The van der Waals surface area contributed by atoms with Crippen molar-refractivity contribution in [2.24, 2.45) is 0 Å². The van der Waals surface area contributed by atoms with Crippen LogP contribution in [-0.4, -0.2) is 42.4 Å². The second kappa shape index (κ2) is 9.87. The Balaban J connectivity index is 2.63. The van der Waals surface area contributed by atoms with E-state index in [9.17, 15) is 9.59 Å². The molecule has 0 aliphatic rings. The summed E-state index contributed by atoms with van der Waals surface area (Å²) in [7, 11) is 0. The smallest absolute Gasteiger partial charge is 0.251 e. The zero-order chi connectivity index (χ0) is 17.2. The summed E-state index contributed by atoms with van der Waals surface area (Å²) in [4.78, 5) is 26.1. The topological polar surface area (TPSA) is 61.4 Å². The van der Waals surface area contributed by atoms with Gasteiger partial charge in [0, 0.05) is 30.4 Å². The zero-order valence-corrected chi connectivity index (χ0v) is 14.7. The molecule has 0 bridgehead atoms. The summed E-state index contributed by atoms with van der Waals surface area (Å²) >= 11 is 0. The molecule has 1 rings (SSSR count). The fourth-order valence-corrected chi connectivity index (χ4v) is 2.31. The van der Waals surface area contributed by atoms with Gasteiger partial charge in [-0.05, 0) is 44.9 Å². The van der Waals surface area contributed by atoms with Crippen molar-refractivity contribution >= 4 is 17.5 Å². The summed E-state index contributed by atoms with van der Waals surface area (Å²) in [5, 5.41) is 5.98. The van der Waals surface area contributed by atoms with E-state index >= 15 is 0 Å². The van der Waals surface area contributed by atoms with Crippen LogP contribution < -0.4 is 10.6 Å². The molecule has 2 amide bonds. The van der Waals surface area contributed by atoms with Gasteiger partial charge >= 0.3 is 0 Å². The summed E-state index contributed by atoms with van der Waals surface area (Å²) in [5.41, 5.74) is 1.37. The average molecular weight is 319 g/mol. The van der Waals surface area contributed by atoms with E-state index in [4.69, 9.17) is 0 Å². The normalized spacial score (nSPS) is 10.5. The molecule has 0 heterocycles. The molecule has 0 radical (unpaired) electrons. The predicted molar refractivity (Wildman–Crippen MR) is 94.7 cm³/mol. The summed E-state index contributed by atoms with van der Waals surface area (Å²) < 4.78 is 0. The van der Waals surface area contributed by atoms with Gasteiger partial charge < -0.3 is 15.5 Å². The van der Waals surface area contributed by atoms with E-state index in [0.29, 0.717) is 5.56 Å². The van der Waals surface area contributed by atoms with Crippen LogP contribution in [0.25, 0.3) is 0 Å². The third kappa shape index (κ3) is 6.72. The number of hydrogen-bond acceptors (Lipinski definition) is 3. The fourth-order valence-electron chi connectivity index (χ4n) is 2.31. The van der Waals surface area contributed by atoms with Crippen LogP contribution >= 0.6 is 0 Å². The highest BCUT2D eigenvalue weighted by atomic mass is 16.2. The van der Waals surface area contributed by atoms with E-state index in [0.717, 1.165) is 31.6 Å². The second-order valence-electron chi connectivity index (χ2n) is 5.94. The van der Waals surface area contributed by atoms with Crippen molar-refractivity contribution in [3.63, 3.8) is 0 Å². The van der Waals surface area contributed by atoms with Crippen LogP contribution in [0.15, 0.2) is 24.3 Å². The summed E-state index contributed by atoms with van der Waals surface area (Å²) in [6, 6.07) is 7.32. The van der Waals surface area contributed by atoms with Crippen molar-refractivity contribution in [1.29, 1.82) is 0 Å². The van der Waals surface area contributed by atoms with E-state index < -0.39 is 0 Å². The Kier molecular flexibility index (Phi) is 8.16. The summed E-state index contributed by atoms with van der Waals surface area (Å²) in [6.07, 6.45) is 1.91. The molecule has 128 valence electrons. The number of carbonyl (C=O) groups is 2. The minimum Gasteiger partial charge on any atom is -0.376 e. The molecule has 1 aromatic carbocycles. The summed E-state index contributed by atoms with van der Waals surface area (Å²) in [5.74, 6) is -0.0145. The number of amides is 2. The lowest BCUT2D eigenvalue weighted by molar-refractivity contribution is -0.129. The van der Waals surface area contributed by atoms with Gasteiger partial charge in [0.15, 0.2) is 0 Å². The van der Waals surface area contributed by atoms with Gasteiger partial charge in [0.25, 0.3) is 5.91 Å². The Hall–Kier alpha value is -2.04. The predicted octanol–water partition coefficient (Wildman–Crippen LogP) is 2.89. The molecule has 5 nitrogen and oxygen atoms in total. The van der Waals surface area contributed by atoms with Gasteiger partial charge in [-0.25, -0.2) is 0 Å². The molecule has 0 aliphatic heterocycles. The SMILES string of the molecule is CCCN(CCC)C(=O)CNc1cccc(C(=O)NC(C)C)c1. The molecular weight excluding hydrogens is 290 g/mol. The van der Waals surface area contributed by atoms with Gasteiger partial charge in [0.1, 0.15) is 0 Å². The molecule has 0 fully saturated rings. The molecule has 23 heavy (non-hydrogen) atoms. The van der Waals surface area contributed by atoms with E-state index in [1.165, 1.54) is 0 Å². The highest BCUT2D eigenvalue weighted by Crippen LogP contribution is 2.11. The van der Waals surface area contributed by atoms with Gasteiger partial charge in [0.05, 0.1) is 6.54 Å². The fraction of sp³-hybridized carbons (Fsp3) is 0.556. The highest BCUT2D eigenvalue weighted by Gasteiger charge is 2.12. The lowest BCUT2D eigenvalue weighted by Crippen LogP contribution is -2.36. The number of benzene rings is 1. The van der Waals surface area contributed by atoms with Gasteiger partial charge in [-0.15, -0.1) is 0 Å². The minimum atomic E-state index is -0.103. The Morgan fingerprint density at radius 1 is 1.13 bits per heavy atom. The first kappa shape index (κ1) is 19.0. The maximum absolute atomic E-state index is 12.2. The first-order chi connectivity index (χ1) is 11.0. The minimum absolute atomic E-state index is 0.0886. The van der Waals surface area contributed by atoms with Crippen molar-refractivity contribution < 1.29 is 9.59 Å². The molecule has 1 aromatic rings. The Bertz CT molecular complexity index is 509. The van der Waals surface area contributed by atoms with Crippen molar-refractivity contribution in [3.8, 4) is 0 Å². The van der Waals surface area contributed by atoms with Crippen LogP contribution in [0.5, 0.6) is 0 Å². The van der Waals surface area contributed by atoms with Crippen molar-refractivity contribution in [1.82, 2.24) is 10.2 Å². The number of hydrogen-bond donors (Lipinski definition) is 2. The summed E-state index contributed by atoms with van der Waals surface area (Å²) in [6.45, 7) is 9.80. The Morgan fingerprint density at radius 2 is 1.78 bits per heavy atom. The monoisotopic (exact) mass is 319 g/mol. The average Bonchev–Trinajstić information content (AvgIpc) is 2.52. The number of carbonyl (C=O) groups excluding carboxylic acids is 2. The van der Waals surface area contributed by atoms with Gasteiger partial charge in [-0.2, -0.15) is 0 Å². The molecule has 2 N–H and O–H groups in total. The quantitative estimate of drug-likeness (QED) is 0.736. The van der Waals surface area contributed by atoms with Gasteiger partial charge in [-0.3, -0.25) is 9.59 Å². The first-order valence-electron chi connectivity index (χ1n) is 8.40. The van der Waals surface area contributed by atoms with Crippen molar-refractivity contribution in [2.45, 2.75) is 46.6 Å². The Morgan fingerprint density at radius 3 is 2.35 bits per heavy atom. The van der Waals surface area contributed by atoms with E-state index in [-0.39, 0.29) is 24.4 Å². The van der Waals surface area contributed by atoms with Gasteiger partial charge in [0.2, 0.25) is 5.91 Å². The largest absolute Gasteiger partial charge is 0.376 e. The highest BCUT2D eigenvalue weighted by molar-refractivity contribution is 5.95. The Labute approximate surface area is 139 Å². The van der Waals surface area contributed by atoms with Crippen LogP contribution in [0, 0.1) is 0 Å². The van der Waals surface area contributed by atoms with Crippen molar-refractivity contribution in [3.05, 3.63) is 29.8 Å². The number of nitrogens with zero attached hydrogens (tertiary/aromatic N) is 1. The van der Waals surface area contributed by atoms with Crippen molar-refractivity contribution in [2.75, 3.05) is 25.0 Å².